The SMILES string of the molecule is Cc1ccc(C2CC(C)(c3ccc(C)cc3)CCC2C(C)C)cc1. The van der Waals surface area contributed by atoms with Gasteiger partial charge in [0.05, 0.1) is 0 Å². The zero-order valence-corrected chi connectivity index (χ0v) is 16.0. The lowest BCUT2D eigenvalue weighted by Gasteiger charge is -2.45. The highest BCUT2D eigenvalue weighted by molar-refractivity contribution is 5.32. The summed E-state index contributed by atoms with van der Waals surface area (Å²) < 4.78 is 0. The van der Waals surface area contributed by atoms with E-state index in [4.69, 9.17) is 0 Å². The molecule has 0 radical (unpaired) electrons. The Kier molecular flexibility index (Phi) is 4.85. The molecular weight excluding hydrogens is 288 g/mol. The maximum absolute atomic E-state index is 2.48. The van der Waals surface area contributed by atoms with Gasteiger partial charge >= 0.3 is 0 Å². The minimum absolute atomic E-state index is 0.300. The van der Waals surface area contributed by atoms with Crippen molar-refractivity contribution in [1.82, 2.24) is 0 Å². The van der Waals surface area contributed by atoms with E-state index < -0.39 is 0 Å². The predicted molar refractivity (Wildman–Crippen MR) is 105 cm³/mol. The predicted octanol–water partition coefficient (Wildman–Crippen LogP) is 6.80. The van der Waals surface area contributed by atoms with E-state index in [2.05, 4.69) is 83.1 Å². The lowest BCUT2D eigenvalue weighted by molar-refractivity contribution is 0.171. The van der Waals surface area contributed by atoms with Crippen LogP contribution in [0.4, 0.5) is 0 Å². The van der Waals surface area contributed by atoms with E-state index in [-0.39, 0.29) is 0 Å². The van der Waals surface area contributed by atoms with E-state index in [1.54, 1.807) is 0 Å². The Balaban J connectivity index is 1.93. The molecule has 0 bridgehead atoms. The van der Waals surface area contributed by atoms with Crippen LogP contribution in [0.1, 0.15) is 68.2 Å². The summed E-state index contributed by atoms with van der Waals surface area (Å²) in [5, 5.41) is 0. The van der Waals surface area contributed by atoms with E-state index in [0.29, 0.717) is 11.3 Å². The molecule has 0 N–H and O–H groups in total. The highest BCUT2D eigenvalue weighted by Gasteiger charge is 2.40. The molecule has 0 nitrogen and oxygen atoms in total. The molecule has 1 aliphatic carbocycles. The van der Waals surface area contributed by atoms with Gasteiger partial charge in [-0.15, -0.1) is 0 Å². The number of hydrogen-bond donors (Lipinski definition) is 0. The number of rotatable bonds is 3. The van der Waals surface area contributed by atoms with E-state index in [1.807, 2.05) is 0 Å². The fourth-order valence-corrected chi connectivity index (χ4v) is 4.62. The average Bonchev–Trinajstić information content (AvgIpc) is 2.55. The lowest BCUT2D eigenvalue weighted by Crippen LogP contribution is -2.35. The molecule has 1 aliphatic rings. The van der Waals surface area contributed by atoms with Gasteiger partial charge in [-0.3, -0.25) is 0 Å². The summed E-state index contributed by atoms with van der Waals surface area (Å²) in [4.78, 5) is 0. The van der Waals surface area contributed by atoms with Crippen molar-refractivity contribution in [2.24, 2.45) is 11.8 Å². The highest BCUT2D eigenvalue weighted by atomic mass is 14.4. The molecular formula is C24H32. The van der Waals surface area contributed by atoms with Crippen molar-refractivity contribution in [2.45, 2.75) is 65.2 Å². The van der Waals surface area contributed by atoms with Crippen molar-refractivity contribution >= 4 is 0 Å². The van der Waals surface area contributed by atoms with Crippen molar-refractivity contribution in [2.75, 3.05) is 0 Å². The van der Waals surface area contributed by atoms with E-state index in [1.165, 1.54) is 41.5 Å². The molecule has 3 rings (SSSR count). The topological polar surface area (TPSA) is 0 Å². The second-order valence-corrected chi connectivity index (χ2v) is 8.59. The maximum Gasteiger partial charge on any atom is -0.00692 e. The number of benzene rings is 2. The summed E-state index contributed by atoms with van der Waals surface area (Å²) in [5.74, 6) is 2.22. The minimum atomic E-state index is 0.300. The summed E-state index contributed by atoms with van der Waals surface area (Å²) in [6, 6.07) is 18.6. The third kappa shape index (κ3) is 3.43. The fraction of sp³-hybridized carbons (Fsp3) is 0.500. The Bertz CT molecular complexity index is 662. The van der Waals surface area contributed by atoms with Crippen LogP contribution in [0.25, 0.3) is 0 Å². The van der Waals surface area contributed by atoms with E-state index >= 15 is 0 Å². The molecule has 24 heavy (non-hydrogen) atoms. The van der Waals surface area contributed by atoms with Crippen LogP contribution in [0.5, 0.6) is 0 Å². The standard InChI is InChI=1S/C24H32/c1-17(2)22-14-15-24(5,21-12-8-19(4)9-13-21)16-23(22)20-10-6-18(3)7-11-20/h6-13,17,22-23H,14-16H2,1-5H3. The van der Waals surface area contributed by atoms with Crippen LogP contribution in [0.2, 0.25) is 0 Å². The molecule has 128 valence electrons. The zero-order valence-electron chi connectivity index (χ0n) is 16.0. The Morgan fingerprint density at radius 2 is 1.42 bits per heavy atom. The van der Waals surface area contributed by atoms with Crippen molar-refractivity contribution in [3.63, 3.8) is 0 Å². The summed E-state index contributed by atoms with van der Waals surface area (Å²) in [7, 11) is 0. The molecule has 0 spiro atoms. The van der Waals surface area contributed by atoms with Gasteiger partial charge in [0.1, 0.15) is 0 Å². The van der Waals surface area contributed by atoms with Crippen LogP contribution >= 0.6 is 0 Å². The van der Waals surface area contributed by atoms with Crippen LogP contribution in [0, 0.1) is 25.7 Å². The van der Waals surface area contributed by atoms with Crippen molar-refractivity contribution in [3.05, 3.63) is 70.8 Å². The van der Waals surface area contributed by atoms with Crippen LogP contribution in [-0.2, 0) is 5.41 Å². The van der Waals surface area contributed by atoms with Gasteiger partial charge in [-0.05, 0) is 67.4 Å². The molecule has 0 aromatic heterocycles. The smallest absolute Gasteiger partial charge is 0.00692 e. The second-order valence-electron chi connectivity index (χ2n) is 8.59. The van der Waals surface area contributed by atoms with E-state index in [9.17, 15) is 0 Å². The molecule has 0 heterocycles. The summed E-state index contributed by atoms with van der Waals surface area (Å²) in [6.45, 7) is 11.6. The second kappa shape index (κ2) is 6.75. The molecule has 0 amide bonds. The fourth-order valence-electron chi connectivity index (χ4n) is 4.62. The normalized spacial score (nSPS) is 27.4. The van der Waals surface area contributed by atoms with Gasteiger partial charge in [0.25, 0.3) is 0 Å². The summed E-state index contributed by atoms with van der Waals surface area (Å²) >= 11 is 0. The van der Waals surface area contributed by atoms with Gasteiger partial charge in [-0.25, -0.2) is 0 Å². The number of aryl methyl sites for hydroxylation is 2. The maximum atomic E-state index is 2.48. The molecule has 0 saturated heterocycles. The Labute approximate surface area is 148 Å². The molecule has 3 atom stereocenters. The first-order valence-electron chi connectivity index (χ1n) is 9.53. The first-order valence-corrected chi connectivity index (χ1v) is 9.53. The third-order valence-corrected chi connectivity index (χ3v) is 6.33. The van der Waals surface area contributed by atoms with Gasteiger partial charge in [-0.1, -0.05) is 80.4 Å². The third-order valence-electron chi connectivity index (χ3n) is 6.33. The molecule has 1 saturated carbocycles. The van der Waals surface area contributed by atoms with Crippen molar-refractivity contribution in [3.8, 4) is 0 Å². The summed E-state index contributed by atoms with van der Waals surface area (Å²) in [6.07, 6.45) is 3.91. The van der Waals surface area contributed by atoms with Gasteiger partial charge < -0.3 is 0 Å². The van der Waals surface area contributed by atoms with Crippen LogP contribution in [-0.4, -0.2) is 0 Å². The highest BCUT2D eigenvalue weighted by Crippen LogP contribution is 2.50. The lowest BCUT2D eigenvalue weighted by atomic mass is 9.59. The van der Waals surface area contributed by atoms with Crippen molar-refractivity contribution < 1.29 is 0 Å². The van der Waals surface area contributed by atoms with Gasteiger partial charge in [0.15, 0.2) is 0 Å². The molecule has 1 fully saturated rings. The monoisotopic (exact) mass is 320 g/mol. The van der Waals surface area contributed by atoms with Crippen LogP contribution in [0.3, 0.4) is 0 Å². The van der Waals surface area contributed by atoms with Crippen LogP contribution < -0.4 is 0 Å². The molecule has 2 aromatic rings. The van der Waals surface area contributed by atoms with Crippen molar-refractivity contribution in [1.29, 1.82) is 0 Å². The van der Waals surface area contributed by atoms with E-state index in [0.717, 1.165) is 11.8 Å². The molecule has 2 aromatic carbocycles. The zero-order chi connectivity index (χ0) is 17.3. The molecule has 0 aliphatic heterocycles. The number of hydrogen-bond acceptors (Lipinski definition) is 0. The Morgan fingerprint density at radius 3 is 1.96 bits per heavy atom. The molecule has 3 unspecified atom stereocenters. The Morgan fingerprint density at radius 1 is 0.875 bits per heavy atom. The quantitative estimate of drug-likeness (QED) is 0.583. The minimum Gasteiger partial charge on any atom is -0.0625 e. The first-order chi connectivity index (χ1) is 11.4. The largest absolute Gasteiger partial charge is 0.0625 e. The Hall–Kier alpha value is -1.56. The van der Waals surface area contributed by atoms with Crippen LogP contribution in [0.15, 0.2) is 48.5 Å². The molecule has 0 heteroatoms. The summed E-state index contributed by atoms with van der Waals surface area (Å²) in [5.41, 5.74) is 6.07. The van der Waals surface area contributed by atoms with Gasteiger partial charge in [0.2, 0.25) is 0 Å². The van der Waals surface area contributed by atoms with Gasteiger partial charge in [0, 0.05) is 0 Å². The van der Waals surface area contributed by atoms with Gasteiger partial charge in [-0.2, -0.15) is 0 Å². The average molecular weight is 321 g/mol. The first kappa shape index (κ1) is 17.3.